The van der Waals surface area contributed by atoms with Gasteiger partial charge in [-0.05, 0) is 24.8 Å². The molecule has 0 aliphatic carbocycles. The van der Waals surface area contributed by atoms with Crippen molar-refractivity contribution in [1.82, 2.24) is 10.6 Å². The number of unbranched alkanes of at least 4 members (excludes halogenated alkanes) is 2. The fraction of sp³-hybridized carbons (Fsp3) is 0.450. The summed E-state index contributed by atoms with van der Waals surface area (Å²) in [6.07, 6.45) is 3.91. The molecular formula is C20H28N2O5. The number of rotatable bonds is 12. The molecule has 1 rings (SSSR count). The molecule has 2 amide bonds. The highest BCUT2D eigenvalue weighted by molar-refractivity contribution is 5.84. The van der Waals surface area contributed by atoms with Crippen LogP contribution in [-0.2, 0) is 25.7 Å². The first-order chi connectivity index (χ1) is 13.1. The quantitative estimate of drug-likeness (QED) is 0.332. The van der Waals surface area contributed by atoms with Gasteiger partial charge in [-0.15, -0.1) is 6.58 Å². The Bertz CT molecular complexity index is 604. The first-order valence-electron chi connectivity index (χ1n) is 8.99. The van der Waals surface area contributed by atoms with Crippen LogP contribution in [0.3, 0.4) is 0 Å². The Hall–Kier alpha value is -2.83. The van der Waals surface area contributed by atoms with E-state index in [1.165, 1.54) is 7.11 Å². The van der Waals surface area contributed by atoms with Crippen LogP contribution in [0.5, 0.6) is 0 Å². The van der Waals surface area contributed by atoms with Gasteiger partial charge in [0, 0.05) is 13.0 Å². The fourth-order valence-corrected chi connectivity index (χ4v) is 2.34. The van der Waals surface area contributed by atoms with Crippen LogP contribution in [0.2, 0.25) is 0 Å². The molecule has 0 saturated heterocycles. The largest absolute Gasteiger partial charge is 0.467 e. The van der Waals surface area contributed by atoms with Crippen molar-refractivity contribution in [2.45, 2.75) is 44.8 Å². The zero-order chi connectivity index (χ0) is 19.9. The van der Waals surface area contributed by atoms with Crippen LogP contribution in [0, 0.1) is 0 Å². The van der Waals surface area contributed by atoms with Gasteiger partial charge in [-0.2, -0.15) is 0 Å². The van der Waals surface area contributed by atoms with E-state index in [0.29, 0.717) is 25.8 Å². The number of nitrogens with one attached hydrogen (secondary N) is 2. The molecule has 0 radical (unpaired) electrons. The molecule has 0 aliphatic rings. The molecule has 7 heteroatoms. The van der Waals surface area contributed by atoms with Crippen molar-refractivity contribution in [3.05, 3.63) is 48.6 Å². The van der Waals surface area contributed by atoms with Crippen molar-refractivity contribution in [3.63, 3.8) is 0 Å². The van der Waals surface area contributed by atoms with E-state index in [1.807, 2.05) is 30.3 Å². The summed E-state index contributed by atoms with van der Waals surface area (Å²) in [6, 6.07) is 8.76. The van der Waals surface area contributed by atoms with E-state index >= 15 is 0 Å². The molecule has 0 heterocycles. The monoisotopic (exact) mass is 376 g/mol. The fourth-order valence-electron chi connectivity index (χ4n) is 2.34. The van der Waals surface area contributed by atoms with Crippen LogP contribution in [0.15, 0.2) is 43.0 Å². The summed E-state index contributed by atoms with van der Waals surface area (Å²) in [4.78, 5) is 35.0. The van der Waals surface area contributed by atoms with Crippen molar-refractivity contribution in [2.75, 3.05) is 13.7 Å². The Kier molecular flexibility index (Phi) is 11.0. The van der Waals surface area contributed by atoms with E-state index in [1.54, 1.807) is 6.08 Å². The molecule has 0 fully saturated rings. The van der Waals surface area contributed by atoms with Gasteiger partial charge in [0.1, 0.15) is 12.6 Å². The first kappa shape index (κ1) is 22.2. The van der Waals surface area contributed by atoms with Gasteiger partial charge in [0.05, 0.1) is 7.11 Å². The summed E-state index contributed by atoms with van der Waals surface area (Å²) in [7, 11) is 1.28. The van der Waals surface area contributed by atoms with Gasteiger partial charge in [-0.3, -0.25) is 4.79 Å². The van der Waals surface area contributed by atoms with Crippen molar-refractivity contribution in [2.24, 2.45) is 0 Å². The Morgan fingerprint density at radius 1 is 1.15 bits per heavy atom. The summed E-state index contributed by atoms with van der Waals surface area (Å²) in [5.41, 5.74) is 0.931. The Balaban J connectivity index is 2.08. The number of carbonyl (C=O) groups excluding carboxylic acids is 3. The highest BCUT2D eigenvalue weighted by Crippen LogP contribution is 2.03. The van der Waals surface area contributed by atoms with Crippen molar-refractivity contribution in [1.29, 1.82) is 0 Å². The Morgan fingerprint density at radius 2 is 1.89 bits per heavy atom. The van der Waals surface area contributed by atoms with Crippen molar-refractivity contribution < 1.29 is 23.9 Å². The number of amides is 2. The van der Waals surface area contributed by atoms with Crippen molar-refractivity contribution in [3.8, 4) is 0 Å². The van der Waals surface area contributed by atoms with Crippen LogP contribution in [0.25, 0.3) is 0 Å². The van der Waals surface area contributed by atoms with Gasteiger partial charge in [0.25, 0.3) is 0 Å². The standard InChI is InChI=1S/C20H28N2O5/c1-3-10-17(19(24)26-2)22-18(23)13-8-5-9-14-21-20(25)27-15-16-11-6-4-7-12-16/h3-4,6-7,11-12,17H,1,5,8-10,13-15H2,2H3,(H,21,25)(H,22,23)/t17-/m0/s1. The summed E-state index contributed by atoms with van der Waals surface area (Å²) in [5, 5.41) is 5.31. The number of carbonyl (C=O) groups is 3. The lowest BCUT2D eigenvalue weighted by atomic mass is 10.1. The minimum Gasteiger partial charge on any atom is -0.467 e. The molecule has 7 nitrogen and oxygen atoms in total. The molecule has 1 aromatic rings. The third-order valence-corrected chi connectivity index (χ3v) is 3.79. The summed E-state index contributed by atoms with van der Waals surface area (Å²) < 4.78 is 9.75. The lowest BCUT2D eigenvalue weighted by molar-refractivity contribution is -0.145. The van der Waals surface area contributed by atoms with Gasteiger partial charge >= 0.3 is 12.1 Å². The average Bonchev–Trinajstić information content (AvgIpc) is 2.68. The number of ether oxygens (including phenoxy) is 2. The SMILES string of the molecule is C=CC[C@H](NC(=O)CCCCCNC(=O)OCc1ccccc1)C(=O)OC. The van der Waals surface area contributed by atoms with Gasteiger partial charge < -0.3 is 20.1 Å². The number of esters is 1. The van der Waals surface area contributed by atoms with Gasteiger partial charge in [-0.1, -0.05) is 42.8 Å². The summed E-state index contributed by atoms with van der Waals surface area (Å²) in [5.74, 6) is -0.691. The molecule has 2 N–H and O–H groups in total. The maximum Gasteiger partial charge on any atom is 0.407 e. The number of hydrogen-bond acceptors (Lipinski definition) is 5. The minimum absolute atomic E-state index is 0.206. The van der Waals surface area contributed by atoms with Crippen LogP contribution >= 0.6 is 0 Å². The van der Waals surface area contributed by atoms with E-state index in [-0.39, 0.29) is 12.5 Å². The van der Waals surface area contributed by atoms with E-state index in [0.717, 1.165) is 18.4 Å². The predicted octanol–water partition coefficient (Wildman–Crippen LogP) is 2.71. The molecule has 0 bridgehead atoms. The molecule has 0 aliphatic heterocycles. The highest BCUT2D eigenvalue weighted by Gasteiger charge is 2.19. The number of methoxy groups -OCH3 is 1. The number of benzene rings is 1. The maximum absolute atomic E-state index is 11.9. The second kappa shape index (κ2) is 13.4. The number of hydrogen-bond donors (Lipinski definition) is 2. The molecule has 0 spiro atoms. The number of alkyl carbamates (subject to hydrolysis) is 1. The van der Waals surface area contributed by atoms with E-state index in [9.17, 15) is 14.4 Å². The van der Waals surface area contributed by atoms with Crippen LogP contribution in [-0.4, -0.2) is 37.7 Å². The zero-order valence-corrected chi connectivity index (χ0v) is 15.7. The average molecular weight is 376 g/mol. The van der Waals surface area contributed by atoms with Crippen LogP contribution in [0.1, 0.15) is 37.7 Å². The minimum atomic E-state index is -0.693. The van der Waals surface area contributed by atoms with Gasteiger partial charge in [-0.25, -0.2) is 9.59 Å². The molecule has 148 valence electrons. The Morgan fingerprint density at radius 3 is 2.56 bits per heavy atom. The predicted molar refractivity (Wildman–Crippen MR) is 102 cm³/mol. The Labute approximate surface area is 160 Å². The summed E-state index contributed by atoms with van der Waals surface area (Å²) >= 11 is 0. The lowest BCUT2D eigenvalue weighted by Crippen LogP contribution is -2.41. The smallest absolute Gasteiger partial charge is 0.407 e. The van der Waals surface area contributed by atoms with Crippen molar-refractivity contribution >= 4 is 18.0 Å². The van der Waals surface area contributed by atoms with Crippen LogP contribution < -0.4 is 10.6 Å². The molecule has 1 aromatic carbocycles. The maximum atomic E-state index is 11.9. The summed E-state index contributed by atoms with van der Waals surface area (Å²) in [6.45, 7) is 4.28. The van der Waals surface area contributed by atoms with Crippen LogP contribution in [0.4, 0.5) is 4.79 Å². The zero-order valence-electron chi connectivity index (χ0n) is 15.7. The molecule has 27 heavy (non-hydrogen) atoms. The molecule has 0 saturated carbocycles. The third kappa shape index (κ3) is 10.0. The molecule has 1 atom stereocenters. The molecule has 0 aromatic heterocycles. The first-order valence-corrected chi connectivity index (χ1v) is 8.99. The third-order valence-electron chi connectivity index (χ3n) is 3.79. The topological polar surface area (TPSA) is 93.7 Å². The van der Waals surface area contributed by atoms with Gasteiger partial charge in [0.15, 0.2) is 0 Å². The van der Waals surface area contributed by atoms with Gasteiger partial charge in [0.2, 0.25) is 5.91 Å². The highest BCUT2D eigenvalue weighted by atomic mass is 16.5. The molecule has 0 unspecified atom stereocenters. The van der Waals surface area contributed by atoms with E-state index < -0.39 is 18.1 Å². The normalized spacial score (nSPS) is 11.1. The van der Waals surface area contributed by atoms with E-state index in [2.05, 4.69) is 21.9 Å². The lowest BCUT2D eigenvalue weighted by Gasteiger charge is -2.14. The second-order valence-corrected chi connectivity index (χ2v) is 5.97. The second-order valence-electron chi connectivity index (χ2n) is 5.97. The molecular weight excluding hydrogens is 348 g/mol. The van der Waals surface area contributed by atoms with E-state index in [4.69, 9.17) is 4.74 Å².